The molecule has 0 aliphatic heterocycles. The lowest BCUT2D eigenvalue weighted by Gasteiger charge is -2.03. The minimum Gasteiger partial charge on any atom is -0.302 e. The Kier molecular flexibility index (Phi) is 4.62. The lowest BCUT2D eigenvalue weighted by atomic mass is 10.1. The third-order valence-electron chi connectivity index (χ3n) is 3.36. The molecule has 0 bridgehead atoms. The average molecular weight is 339 g/mol. The SMILES string of the molecule is O=C(Cc1ccccc1[N+](=O)[O-])Nc1nc(-c2ccccc2)cs1. The van der Waals surface area contributed by atoms with E-state index in [4.69, 9.17) is 0 Å². The van der Waals surface area contributed by atoms with Crippen molar-refractivity contribution >= 4 is 28.1 Å². The number of anilines is 1. The topological polar surface area (TPSA) is 85.1 Å². The number of carbonyl (C=O) groups is 1. The summed E-state index contributed by atoms with van der Waals surface area (Å²) in [4.78, 5) is 27.0. The van der Waals surface area contributed by atoms with Crippen LogP contribution in [-0.2, 0) is 11.2 Å². The second-order valence-electron chi connectivity index (χ2n) is 5.01. The average Bonchev–Trinajstić information content (AvgIpc) is 3.04. The van der Waals surface area contributed by atoms with Gasteiger partial charge in [0.05, 0.1) is 17.0 Å². The van der Waals surface area contributed by atoms with Crippen LogP contribution in [0.4, 0.5) is 10.8 Å². The van der Waals surface area contributed by atoms with Crippen molar-refractivity contribution in [1.82, 2.24) is 4.98 Å². The molecule has 0 saturated heterocycles. The minimum atomic E-state index is -0.487. The normalized spacial score (nSPS) is 10.3. The summed E-state index contributed by atoms with van der Waals surface area (Å²) in [6.07, 6.45) is -0.0720. The Morgan fingerprint density at radius 3 is 2.58 bits per heavy atom. The zero-order chi connectivity index (χ0) is 16.9. The van der Waals surface area contributed by atoms with E-state index in [1.807, 2.05) is 35.7 Å². The summed E-state index contributed by atoms with van der Waals surface area (Å²) in [6.45, 7) is 0. The van der Waals surface area contributed by atoms with Crippen molar-refractivity contribution in [3.63, 3.8) is 0 Å². The van der Waals surface area contributed by atoms with E-state index in [9.17, 15) is 14.9 Å². The van der Waals surface area contributed by atoms with Gasteiger partial charge in [-0.3, -0.25) is 14.9 Å². The summed E-state index contributed by atoms with van der Waals surface area (Å²) in [5, 5.41) is 16.0. The summed E-state index contributed by atoms with van der Waals surface area (Å²) in [5.74, 6) is -0.335. The van der Waals surface area contributed by atoms with Crippen LogP contribution < -0.4 is 5.32 Å². The molecule has 6 nitrogen and oxygen atoms in total. The fraction of sp³-hybridized carbons (Fsp3) is 0.0588. The van der Waals surface area contributed by atoms with E-state index in [2.05, 4.69) is 10.3 Å². The molecular weight excluding hydrogens is 326 g/mol. The Morgan fingerprint density at radius 2 is 1.83 bits per heavy atom. The summed E-state index contributed by atoms with van der Waals surface area (Å²) < 4.78 is 0. The van der Waals surface area contributed by atoms with Gasteiger partial charge in [-0.25, -0.2) is 4.98 Å². The number of aromatic nitrogens is 1. The Bertz CT molecular complexity index is 878. The van der Waals surface area contributed by atoms with Crippen molar-refractivity contribution in [2.75, 3.05) is 5.32 Å². The molecule has 0 spiro atoms. The van der Waals surface area contributed by atoms with E-state index in [-0.39, 0.29) is 18.0 Å². The number of nitrogens with one attached hydrogen (secondary N) is 1. The van der Waals surface area contributed by atoms with Crippen LogP contribution in [0.3, 0.4) is 0 Å². The number of carbonyl (C=O) groups excluding carboxylic acids is 1. The first-order valence-electron chi connectivity index (χ1n) is 7.16. The highest BCUT2D eigenvalue weighted by Crippen LogP contribution is 2.25. The highest BCUT2D eigenvalue weighted by Gasteiger charge is 2.16. The van der Waals surface area contributed by atoms with Crippen molar-refractivity contribution in [2.24, 2.45) is 0 Å². The van der Waals surface area contributed by atoms with E-state index in [1.54, 1.807) is 18.2 Å². The number of nitro groups is 1. The van der Waals surface area contributed by atoms with Gasteiger partial charge in [0, 0.05) is 22.6 Å². The zero-order valence-electron chi connectivity index (χ0n) is 12.5. The lowest BCUT2D eigenvalue weighted by molar-refractivity contribution is -0.385. The predicted octanol–water partition coefficient (Wildman–Crippen LogP) is 3.90. The monoisotopic (exact) mass is 339 g/mol. The van der Waals surface area contributed by atoms with Crippen molar-refractivity contribution in [3.8, 4) is 11.3 Å². The summed E-state index contributed by atoms with van der Waals surface area (Å²) in [5.41, 5.74) is 2.06. The Morgan fingerprint density at radius 1 is 1.12 bits per heavy atom. The predicted molar refractivity (Wildman–Crippen MR) is 93.0 cm³/mol. The molecule has 2 aromatic carbocycles. The number of benzene rings is 2. The maximum Gasteiger partial charge on any atom is 0.273 e. The largest absolute Gasteiger partial charge is 0.302 e. The van der Waals surface area contributed by atoms with Gasteiger partial charge in [-0.2, -0.15) is 0 Å². The molecule has 3 rings (SSSR count). The van der Waals surface area contributed by atoms with Gasteiger partial charge in [0.25, 0.3) is 5.69 Å². The molecule has 1 amide bonds. The van der Waals surface area contributed by atoms with E-state index in [0.29, 0.717) is 10.7 Å². The number of nitro benzene ring substituents is 1. The van der Waals surface area contributed by atoms with E-state index in [1.165, 1.54) is 17.4 Å². The standard InChI is InChI=1S/C17H13N3O3S/c21-16(10-13-8-4-5-9-15(13)20(22)23)19-17-18-14(11-24-17)12-6-2-1-3-7-12/h1-9,11H,10H2,(H,18,19,21). The second-order valence-corrected chi connectivity index (χ2v) is 5.87. The maximum absolute atomic E-state index is 12.1. The van der Waals surface area contributed by atoms with Crippen LogP contribution in [0.5, 0.6) is 0 Å². The minimum absolute atomic E-state index is 0.0586. The second kappa shape index (κ2) is 7.01. The molecule has 7 heteroatoms. The molecule has 0 fully saturated rings. The molecule has 0 saturated carbocycles. The number of thiazole rings is 1. The van der Waals surface area contributed by atoms with Crippen LogP contribution in [0.25, 0.3) is 11.3 Å². The van der Waals surface area contributed by atoms with Crippen LogP contribution in [0.2, 0.25) is 0 Å². The summed E-state index contributed by atoms with van der Waals surface area (Å²) >= 11 is 1.32. The van der Waals surface area contributed by atoms with Gasteiger partial charge < -0.3 is 5.32 Å². The first kappa shape index (κ1) is 15.8. The van der Waals surface area contributed by atoms with Crippen LogP contribution in [-0.4, -0.2) is 15.8 Å². The van der Waals surface area contributed by atoms with Gasteiger partial charge in [-0.15, -0.1) is 11.3 Å². The number of hydrogen-bond donors (Lipinski definition) is 1. The molecule has 0 radical (unpaired) electrons. The summed E-state index contributed by atoms with van der Waals surface area (Å²) in [6, 6.07) is 15.9. The molecule has 3 aromatic rings. The van der Waals surface area contributed by atoms with Gasteiger partial charge in [0.15, 0.2) is 5.13 Å². The third kappa shape index (κ3) is 3.64. The fourth-order valence-electron chi connectivity index (χ4n) is 2.25. The van der Waals surface area contributed by atoms with E-state index < -0.39 is 4.92 Å². The van der Waals surface area contributed by atoms with Crippen molar-refractivity contribution in [3.05, 3.63) is 75.7 Å². The molecule has 1 N–H and O–H groups in total. The van der Waals surface area contributed by atoms with Crippen LogP contribution >= 0.6 is 11.3 Å². The number of amides is 1. The highest BCUT2D eigenvalue weighted by molar-refractivity contribution is 7.14. The Balaban J connectivity index is 1.70. The lowest BCUT2D eigenvalue weighted by Crippen LogP contribution is -2.15. The van der Waals surface area contributed by atoms with Crippen molar-refractivity contribution < 1.29 is 9.72 Å². The maximum atomic E-state index is 12.1. The van der Waals surface area contributed by atoms with E-state index >= 15 is 0 Å². The molecule has 24 heavy (non-hydrogen) atoms. The third-order valence-corrected chi connectivity index (χ3v) is 4.12. The molecular formula is C17H13N3O3S. The van der Waals surface area contributed by atoms with Gasteiger partial charge in [0.2, 0.25) is 5.91 Å². The van der Waals surface area contributed by atoms with Crippen LogP contribution in [0.15, 0.2) is 60.0 Å². The zero-order valence-corrected chi connectivity index (χ0v) is 13.3. The van der Waals surface area contributed by atoms with Gasteiger partial charge in [-0.05, 0) is 0 Å². The first-order valence-corrected chi connectivity index (χ1v) is 8.04. The molecule has 0 unspecified atom stereocenters. The number of nitrogens with zero attached hydrogens (tertiary/aromatic N) is 2. The molecule has 120 valence electrons. The molecule has 1 aromatic heterocycles. The first-order chi connectivity index (χ1) is 11.6. The van der Waals surface area contributed by atoms with Gasteiger partial charge in [-0.1, -0.05) is 48.5 Å². The molecule has 0 atom stereocenters. The molecule has 0 aliphatic rings. The highest BCUT2D eigenvalue weighted by atomic mass is 32.1. The quantitative estimate of drug-likeness (QED) is 0.564. The van der Waals surface area contributed by atoms with Crippen molar-refractivity contribution in [2.45, 2.75) is 6.42 Å². The van der Waals surface area contributed by atoms with Crippen molar-refractivity contribution in [1.29, 1.82) is 0 Å². The fourth-order valence-corrected chi connectivity index (χ4v) is 2.98. The smallest absolute Gasteiger partial charge is 0.273 e. The van der Waals surface area contributed by atoms with Gasteiger partial charge >= 0.3 is 0 Å². The van der Waals surface area contributed by atoms with Gasteiger partial charge in [0.1, 0.15) is 0 Å². The molecule has 0 aliphatic carbocycles. The Hall–Kier alpha value is -3.06. The molecule has 1 heterocycles. The van der Waals surface area contributed by atoms with E-state index in [0.717, 1.165) is 11.3 Å². The van der Waals surface area contributed by atoms with Crippen LogP contribution in [0.1, 0.15) is 5.56 Å². The van der Waals surface area contributed by atoms with Crippen LogP contribution in [0, 0.1) is 10.1 Å². The number of para-hydroxylation sites is 1. The number of hydrogen-bond acceptors (Lipinski definition) is 5. The summed E-state index contributed by atoms with van der Waals surface area (Å²) in [7, 11) is 0. The Labute approximate surface area is 141 Å². The number of rotatable bonds is 5.